The van der Waals surface area contributed by atoms with E-state index in [-0.39, 0.29) is 6.42 Å². The van der Waals surface area contributed by atoms with Crippen molar-refractivity contribution in [2.24, 2.45) is 0 Å². The number of thiophene rings is 1. The summed E-state index contributed by atoms with van der Waals surface area (Å²) in [7, 11) is 0. The molecule has 0 fully saturated rings. The Hall–Kier alpha value is -1.92. The molecule has 0 bridgehead atoms. The van der Waals surface area contributed by atoms with Crippen LogP contribution in [0.4, 0.5) is 0 Å². The number of hydrogen-bond acceptors (Lipinski definition) is 4. The maximum absolute atomic E-state index is 10.8. The van der Waals surface area contributed by atoms with Gasteiger partial charge in [-0.15, -0.1) is 11.3 Å². The van der Waals surface area contributed by atoms with E-state index < -0.39 is 5.97 Å². The number of pyridine rings is 1. The molecule has 5 nitrogen and oxygen atoms in total. The smallest absolute Gasteiger partial charge is 0.305 e. The third kappa shape index (κ3) is 2.39. The number of aromatic nitrogens is 3. The summed E-state index contributed by atoms with van der Waals surface area (Å²) < 4.78 is 1.83. The van der Waals surface area contributed by atoms with Gasteiger partial charge in [0.25, 0.3) is 0 Å². The van der Waals surface area contributed by atoms with Crippen LogP contribution in [0.15, 0.2) is 29.8 Å². The summed E-state index contributed by atoms with van der Waals surface area (Å²) in [5.74, 6) is -0.121. The fourth-order valence-corrected chi connectivity index (χ4v) is 2.87. The summed E-state index contributed by atoms with van der Waals surface area (Å²) in [6.07, 6.45) is 1.56. The van der Waals surface area contributed by atoms with Crippen molar-refractivity contribution < 1.29 is 9.90 Å². The number of halogens is 1. The van der Waals surface area contributed by atoms with Gasteiger partial charge in [0.2, 0.25) is 0 Å². The molecule has 0 aliphatic carbocycles. The lowest BCUT2D eigenvalue weighted by atomic mass is 10.4. The van der Waals surface area contributed by atoms with Gasteiger partial charge in [0.15, 0.2) is 11.5 Å². The second-order valence-corrected chi connectivity index (χ2v) is 5.59. The number of imidazole rings is 1. The average Bonchev–Trinajstić information content (AvgIpc) is 3.02. The van der Waals surface area contributed by atoms with Gasteiger partial charge in [0, 0.05) is 12.7 Å². The molecule has 0 aliphatic rings. The highest BCUT2D eigenvalue weighted by molar-refractivity contribution is 7.13. The summed E-state index contributed by atoms with van der Waals surface area (Å²) in [6.45, 7) is 0.327. The maximum Gasteiger partial charge on any atom is 0.305 e. The van der Waals surface area contributed by atoms with Crippen LogP contribution in [0.5, 0.6) is 0 Å². The molecule has 3 aromatic heterocycles. The molecule has 0 aromatic carbocycles. The zero-order valence-electron chi connectivity index (χ0n) is 10.3. The molecule has 7 heteroatoms. The molecule has 3 heterocycles. The third-order valence-electron chi connectivity index (χ3n) is 2.84. The molecule has 3 rings (SSSR count). The zero-order chi connectivity index (χ0) is 14.1. The van der Waals surface area contributed by atoms with Crippen LogP contribution >= 0.6 is 22.9 Å². The second kappa shape index (κ2) is 5.22. The van der Waals surface area contributed by atoms with Crippen LogP contribution in [0, 0.1) is 0 Å². The van der Waals surface area contributed by atoms with Crippen molar-refractivity contribution in [3.63, 3.8) is 0 Å². The molecule has 102 valence electrons. The topological polar surface area (TPSA) is 68.0 Å². The van der Waals surface area contributed by atoms with Gasteiger partial charge in [-0.05, 0) is 17.5 Å². The highest BCUT2D eigenvalue weighted by atomic mass is 35.5. The van der Waals surface area contributed by atoms with Gasteiger partial charge >= 0.3 is 5.97 Å². The summed E-state index contributed by atoms with van der Waals surface area (Å²) in [6, 6.07) is 5.62. The highest BCUT2D eigenvalue weighted by Gasteiger charge is 2.15. The molecular weight excluding hydrogens is 298 g/mol. The molecular formula is C13H10ClN3O2S. The number of carboxylic acids is 1. The van der Waals surface area contributed by atoms with E-state index in [1.807, 2.05) is 22.1 Å². The Morgan fingerprint density at radius 3 is 3.05 bits per heavy atom. The standard InChI is InChI=1S/C13H10ClN3O2S/c14-8-6-9-12(15-7-8)17(4-3-11(18)19)13(16-9)10-2-1-5-20-10/h1-2,5-7H,3-4H2,(H,18,19). The first-order valence-corrected chi connectivity index (χ1v) is 7.18. The fourth-order valence-electron chi connectivity index (χ4n) is 2.00. The Labute approximate surface area is 123 Å². The van der Waals surface area contributed by atoms with Crippen molar-refractivity contribution in [2.75, 3.05) is 0 Å². The molecule has 0 saturated carbocycles. The van der Waals surface area contributed by atoms with Crippen LogP contribution in [-0.4, -0.2) is 25.6 Å². The number of aliphatic carboxylic acids is 1. The van der Waals surface area contributed by atoms with E-state index in [2.05, 4.69) is 9.97 Å². The lowest BCUT2D eigenvalue weighted by molar-refractivity contribution is -0.137. The first-order valence-electron chi connectivity index (χ1n) is 5.92. The van der Waals surface area contributed by atoms with E-state index in [0.29, 0.717) is 22.7 Å². The summed E-state index contributed by atoms with van der Waals surface area (Å²) in [5.41, 5.74) is 1.32. The fraction of sp³-hybridized carbons (Fsp3) is 0.154. The molecule has 0 spiro atoms. The average molecular weight is 308 g/mol. The number of hydrogen-bond donors (Lipinski definition) is 1. The van der Waals surface area contributed by atoms with E-state index in [9.17, 15) is 4.79 Å². The molecule has 0 amide bonds. The Balaban J connectivity index is 2.16. The van der Waals surface area contributed by atoms with Crippen molar-refractivity contribution in [2.45, 2.75) is 13.0 Å². The van der Waals surface area contributed by atoms with Crippen molar-refractivity contribution in [3.8, 4) is 10.7 Å². The monoisotopic (exact) mass is 307 g/mol. The molecule has 0 radical (unpaired) electrons. The lowest BCUT2D eigenvalue weighted by Gasteiger charge is -2.05. The van der Waals surface area contributed by atoms with Gasteiger partial charge in [-0.2, -0.15) is 0 Å². The minimum atomic E-state index is -0.849. The van der Waals surface area contributed by atoms with Crippen LogP contribution in [0.3, 0.4) is 0 Å². The molecule has 3 aromatic rings. The minimum Gasteiger partial charge on any atom is -0.481 e. The first-order chi connectivity index (χ1) is 9.65. The lowest BCUT2D eigenvalue weighted by Crippen LogP contribution is -2.06. The van der Waals surface area contributed by atoms with E-state index in [1.54, 1.807) is 23.6 Å². The SMILES string of the molecule is O=C(O)CCn1c(-c2cccs2)nc2cc(Cl)cnc21. The predicted octanol–water partition coefficient (Wildman–Crippen LogP) is 3.29. The van der Waals surface area contributed by atoms with Crippen LogP contribution in [0.2, 0.25) is 5.02 Å². The van der Waals surface area contributed by atoms with E-state index in [0.717, 1.165) is 10.7 Å². The van der Waals surface area contributed by atoms with Gasteiger partial charge in [0.05, 0.1) is 16.3 Å². The number of carbonyl (C=O) groups is 1. The van der Waals surface area contributed by atoms with Crippen molar-refractivity contribution in [3.05, 3.63) is 34.8 Å². The van der Waals surface area contributed by atoms with Gasteiger partial charge in [0.1, 0.15) is 5.52 Å². The van der Waals surface area contributed by atoms with Crippen LogP contribution in [-0.2, 0) is 11.3 Å². The Bertz CT molecular complexity index is 767. The summed E-state index contributed by atoms with van der Waals surface area (Å²) >= 11 is 7.48. The van der Waals surface area contributed by atoms with E-state index in [4.69, 9.17) is 16.7 Å². The number of carboxylic acid groups (broad SMARTS) is 1. The Kier molecular flexibility index (Phi) is 3.42. The highest BCUT2D eigenvalue weighted by Crippen LogP contribution is 2.28. The molecule has 0 unspecified atom stereocenters. The van der Waals surface area contributed by atoms with Crippen LogP contribution in [0.1, 0.15) is 6.42 Å². The van der Waals surface area contributed by atoms with Gasteiger partial charge < -0.3 is 9.67 Å². The Morgan fingerprint density at radius 1 is 1.50 bits per heavy atom. The molecule has 20 heavy (non-hydrogen) atoms. The quantitative estimate of drug-likeness (QED) is 0.803. The minimum absolute atomic E-state index is 0.0220. The third-order valence-corrected chi connectivity index (χ3v) is 3.91. The summed E-state index contributed by atoms with van der Waals surface area (Å²) in [4.78, 5) is 20.6. The molecule has 0 atom stereocenters. The van der Waals surface area contributed by atoms with Crippen LogP contribution in [0.25, 0.3) is 21.9 Å². The number of aryl methyl sites for hydroxylation is 1. The number of rotatable bonds is 4. The van der Waals surface area contributed by atoms with E-state index >= 15 is 0 Å². The maximum atomic E-state index is 10.8. The van der Waals surface area contributed by atoms with Gasteiger partial charge in [-0.25, -0.2) is 9.97 Å². The molecule has 1 N–H and O–H groups in total. The van der Waals surface area contributed by atoms with Gasteiger partial charge in [-0.3, -0.25) is 4.79 Å². The number of nitrogens with zero attached hydrogens (tertiary/aromatic N) is 3. The summed E-state index contributed by atoms with van der Waals surface area (Å²) in [5, 5.41) is 11.3. The zero-order valence-corrected chi connectivity index (χ0v) is 11.9. The second-order valence-electron chi connectivity index (χ2n) is 4.20. The normalized spacial score (nSPS) is 11.1. The predicted molar refractivity (Wildman–Crippen MR) is 78.1 cm³/mol. The number of fused-ring (bicyclic) bond motifs is 1. The Morgan fingerprint density at radius 2 is 2.35 bits per heavy atom. The van der Waals surface area contributed by atoms with Crippen molar-refractivity contribution in [1.29, 1.82) is 0 Å². The first kappa shape index (κ1) is 13.1. The molecule has 0 aliphatic heterocycles. The van der Waals surface area contributed by atoms with Crippen molar-refractivity contribution >= 4 is 40.1 Å². The van der Waals surface area contributed by atoms with Crippen molar-refractivity contribution in [1.82, 2.24) is 14.5 Å². The molecule has 0 saturated heterocycles. The largest absolute Gasteiger partial charge is 0.481 e. The van der Waals surface area contributed by atoms with Gasteiger partial charge in [-0.1, -0.05) is 17.7 Å². The van der Waals surface area contributed by atoms with Crippen LogP contribution < -0.4 is 0 Å². The van der Waals surface area contributed by atoms with E-state index in [1.165, 1.54) is 0 Å².